The van der Waals surface area contributed by atoms with Crippen molar-refractivity contribution < 1.29 is 4.79 Å². The molecule has 0 aliphatic heterocycles. The molecule has 6 heteroatoms. The zero-order chi connectivity index (χ0) is 12.3. The Hall–Kier alpha value is -1.07. The van der Waals surface area contributed by atoms with E-state index in [0.29, 0.717) is 18.2 Å². The van der Waals surface area contributed by atoms with Crippen molar-refractivity contribution >= 4 is 17.5 Å². The largest absolute Gasteiger partial charge is 0.348 e. The van der Waals surface area contributed by atoms with Crippen LogP contribution in [-0.2, 0) is 18.4 Å². The number of hydrogen-bond donors (Lipinski definition) is 1. The van der Waals surface area contributed by atoms with Gasteiger partial charge in [-0.2, -0.15) is 5.10 Å². The molecular weight excluding hydrogens is 228 g/mol. The van der Waals surface area contributed by atoms with Crippen LogP contribution in [0.25, 0.3) is 0 Å². The Kier molecular flexibility index (Phi) is 4.32. The van der Waals surface area contributed by atoms with Crippen molar-refractivity contribution in [2.24, 2.45) is 7.05 Å². The standard InChI is InChI=1S/C10H17ClN4O/c1-7-8(10(11)15(4)13-7)5-12-6-9(16)14(2)3/h12H,5-6H2,1-4H3. The third-order valence-corrected chi connectivity index (χ3v) is 2.82. The van der Waals surface area contributed by atoms with Gasteiger partial charge in [-0.05, 0) is 6.92 Å². The van der Waals surface area contributed by atoms with E-state index in [1.54, 1.807) is 30.7 Å². The predicted molar refractivity (Wildman–Crippen MR) is 63.4 cm³/mol. The number of aromatic nitrogens is 2. The topological polar surface area (TPSA) is 50.2 Å². The highest BCUT2D eigenvalue weighted by Gasteiger charge is 2.11. The van der Waals surface area contributed by atoms with Crippen LogP contribution in [0, 0.1) is 6.92 Å². The maximum absolute atomic E-state index is 11.3. The lowest BCUT2D eigenvalue weighted by Crippen LogP contribution is -2.32. The Labute approximate surface area is 100 Å². The molecule has 90 valence electrons. The monoisotopic (exact) mass is 244 g/mol. The molecule has 0 spiro atoms. The number of nitrogens with zero attached hydrogens (tertiary/aromatic N) is 3. The highest BCUT2D eigenvalue weighted by Crippen LogP contribution is 2.17. The van der Waals surface area contributed by atoms with Crippen molar-refractivity contribution in [3.05, 3.63) is 16.4 Å². The molecule has 16 heavy (non-hydrogen) atoms. The number of rotatable bonds is 4. The van der Waals surface area contributed by atoms with Crippen molar-refractivity contribution in [1.82, 2.24) is 20.0 Å². The number of amides is 1. The number of halogens is 1. The molecule has 0 fully saturated rings. The average Bonchev–Trinajstić information content (AvgIpc) is 2.44. The quantitative estimate of drug-likeness (QED) is 0.842. The number of aryl methyl sites for hydroxylation is 2. The molecule has 1 aromatic rings. The minimum atomic E-state index is 0.0395. The number of carbonyl (C=O) groups is 1. The molecule has 0 aliphatic carbocycles. The number of carbonyl (C=O) groups excluding carboxylic acids is 1. The van der Waals surface area contributed by atoms with E-state index in [-0.39, 0.29) is 5.91 Å². The fraction of sp³-hybridized carbons (Fsp3) is 0.600. The summed E-state index contributed by atoms with van der Waals surface area (Å²) in [7, 11) is 5.25. The lowest BCUT2D eigenvalue weighted by Gasteiger charge is -2.10. The van der Waals surface area contributed by atoms with Crippen LogP contribution in [0.15, 0.2) is 0 Å². The summed E-state index contributed by atoms with van der Waals surface area (Å²) in [5.41, 5.74) is 1.83. The van der Waals surface area contributed by atoms with E-state index in [4.69, 9.17) is 11.6 Å². The summed E-state index contributed by atoms with van der Waals surface area (Å²) in [6.45, 7) is 2.76. The Morgan fingerprint density at radius 2 is 2.19 bits per heavy atom. The van der Waals surface area contributed by atoms with Gasteiger partial charge >= 0.3 is 0 Å². The maximum Gasteiger partial charge on any atom is 0.236 e. The maximum atomic E-state index is 11.3. The number of hydrogen-bond acceptors (Lipinski definition) is 3. The molecule has 1 N–H and O–H groups in total. The van der Waals surface area contributed by atoms with E-state index in [1.807, 2.05) is 6.92 Å². The minimum Gasteiger partial charge on any atom is -0.348 e. The summed E-state index contributed by atoms with van der Waals surface area (Å²) in [5.74, 6) is 0.0395. The van der Waals surface area contributed by atoms with Crippen molar-refractivity contribution in [3.63, 3.8) is 0 Å². The van der Waals surface area contributed by atoms with E-state index in [2.05, 4.69) is 10.4 Å². The fourth-order valence-corrected chi connectivity index (χ4v) is 1.57. The molecule has 5 nitrogen and oxygen atoms in total. The molecule has 0 bridgehead atoms. The van der Waals surface area contributed by atoms with Gasteiger partial charge in [0.1, 0.15) is 5.15 Å². The first-order chi connectivity index (χ1) is 7.43. The highest BCUT2D eigenvalue weighted by molar-refractivity contribution is 6.30. The summed E-state index contributed by atoms with van der Waals surface area (Å²) in [5, 5.41) is 7.85. The van der Waals surface area contributed by atoms with Crippen LogP contribution >= 0.6 is 11.6 Å². The van der Waals surface area contributed by atoms with Gasteiger partial charge in [0.2, 0.25) is 5.91 Å². The van der Waals surface area contributed by atoms with Gasteiger partial charge < -0.3 is 10.2 Å². The molecule has 1 aromatic heterocycles. The van der Waals surface area contributed by atoms with E-state index in [1.165, 1.54) is 0 Å². The summed E-state index contributed by atoms with van der Waals surface area (Å²) < 4.78 is 1.63. The molecule has 0 saturated carbocycles. The van der Waals surface area contributed by atoms with Crippen LogP contribution in [0.1, 0.15) is 11.3 Å². The van der Waals surface area contributed by atoms with Crippen molar-refractivity contribution in [3.8, 4) is 0 Å². The van der Waals surface area contributed by atoms with Gasteiger partial charge in [-0.25, -0.2) is 0 Å². The Bertz CT molecular complexity index is 386. The Balaban J connectivity index is 2.52. The first kappa shape index (κ1) is 13.0. The van der Waals surface area contributed by atoms with Crippen molar-refractivity contribution in [2.75, 3.05) is 20.6 Å². The minimum absolute atomic E-state index is 0.0395. The zero-order valence-corrected chi connectivity index (χ0v) is 10.8. The van der Waals surface area contributed by atoms with Gasteiger partial charge in [0.25, 0.3) is 0 Å². The van der Waals surface area contributed by atoms with Crippen LogP contribution in [-0.4, -0.2) is 41.2 Å². The van der Waals surface area contributed by atoms with Crippen LogP contribution in [0.5, 0.6) is 0 Å². The van der Waals surface area contributed by atoms with Crippen LogP contribution in [0.2, 0.25) is 5.15 Å². The summed E-state index contributed by atoms with van der Waals surface area (Å²) in [6.07, 6.45) is 0. The second-order valence-electron chi connectivity index (χ2n) is 3.87. The Morgan fingerprint density at radius 1 is 1.56 bits per heavy atom. The first-order valence-electron chi connectivity index (χ1n) is 5.02. The van der Waals surface area contributed by atoms with Gasteiger partial charge in [-0.1, -0.05) is 11.6 Å². The molecule has 1 heterocycles. The van der Waals surface area contributed by atoms with E-state index in [9.17, 15) is 4.79 Å². The fourth-order valence-electron chi connectivity index (χ4n) is 1.33. The number of likely N-dealkylation sites (N-methyl/N-ethyl adjacent to an activating group) is 1. The van der Waals surface area contributed by atoms with Gasteiger partial charge in [0, 0.05) is 33.3 Å². The SMILES string of the molecule is Cc1nn(C)c(Cl)c1CNCC(=O)N(C)C. The number of nitrogens with one attached hydrogen (secondary N) is 1. The third-order valence-electron chi connectivity index (χ3n) is 2.35. The zero-order valence-electron chi connectivity index (χ0n) is 10.0. The van der Waals surface area contributed by atoms with Crippen LogP contribution < -0.4 is 5.32 Å². The lowest BCUT2D eigenvalue weighted by atomic mass is 10.2. The van der Waals surface area contributed by atoms with E-state index in [0.717, 1.165) is 11.3 Å². The first-order valence-corrected chi connectivity index (χ1v) is 5.40. The average molecular weight is 245 g/mol. The molecule has 0 radical (unpaired) electrons. The molecule has 0 aromatic carbocycles. The smallest absolute Gasteiger partial charge is 0.236 e. The molecule has 0 atom stereocenters. The summed E-state index contributed by atoms with van der Waals surface area (Å²) >= 11 is 6.06. The lowest BCUT2D eigenvalue weighted by molar-refractivity contribution is -0.127. The van der Waals surface area contributed by atoms with Crippen molar-refractivity contribution in [1.29, 1.82) is 0 Å². The third kappa shape index (κ3) is 2.96. The predicted octanol–water partition coefficient (Wildman–Crippen LogP) is 0.560. The molecule has 0 saturated heterocycles. The van der Waals surface area contributed by atoms with Crippen molar-refractivity contribution in [2.45, 2.75) is 13.5 Å². The molecule has 1 rings (SSSR count). The molecule has 0 unspecified atom stereocenters. The van der Waals surface area contributed by atoms with Gasteiger partial charge in [-0.15, -0.1) is 0 Å². The van der Waals surface area contributed by atoms with Gasteiger partial charge in [0.05, 0.1) is 12.2 Å². The Morgan fingerprint density at radius 3 is 2.62 bits per heavy atom. The molecule has 1 amide bonds. The molecule has 0 aliphatic rings. The normalized spacial score (nSPS) is 10.6. The summed E-state index contributed by atoms with van der Waals surface area (Å²) in [6, 6.07) is 0. The van der Waals surface area contributed by atoms with Crippen LogP contribution in [0.4, 0.5) is 0 Å². The molecular formula is C10H17ClN4O. The highest BCUT2D eigenvalue weighted by atomic mass is 35.5. The second kappa shape index (κ2) is 5.32. The van der Waals surface area contributed by atoms with Gasteiger partial charge in [0.15, 0.2) is 0 Å². The van der Waals surface area contributed by atoms with Gasteiger partial charge in [-0.3, -0.25) is 9.48 Å². The van der Waals surface area contributed by atoms with E-state index >= 15 is 0 Å². The summed E-state index contributed by atoms with van der Waals surface area (Å²) in [4.78, 5) is 12.9. The van der Waals surface area contributed by atoms with E-state index < -0.39 is 0 Å². The second-order valence-corrected chi connectivity index (χ2v) is 4.23. The van der Waals surface area contributed by atoms with Crippen LogP contribution in [0.3, 0.4) is 0 Å².